The minimum atomic E-state index is -0.0265. The topological polar surface area (TPSA) is 65.8 Å². The molecule has 2 aromatic carbocycles. The Morgan fingerprint density at radius 1 is 0.964 bits per heavy atom. The van der Waals surface area contributed by atoms with Gasteiger partial charge < -0.3 is 14.4 Å². The van der Waals surface area contributed by atoms with Gasteiger partial charge in [-0.05, 0) is 48.5 Å². The molecule has 1 aliphatic heterocycles. The van der Waals surface area contributed by atoms with Crippen molar-refractivity contribution in [3.05, 3.63) is 59.1 Å². The molecule has 28 heavy (non-hydrogen) atoms. The van der Waals surface area contributed by atoms with Crippen LogP contribution in [-0.2, 0) is 4.79 Å². The molecule has 6 nitrogen and oxygen atoms in total. The van der Waals surface area contributed by atoms with Crippen molar-refractivity contribution in [1.29, 1.82) is 5.26 Å². The zero-order chi connectivity index (χ0) is 19.8. The number of carbonyl (C=O) groups excluding carboxylic acids is 1. The van der Waals surface area contributed by atoms with Gasteiger partial charge in [-0.15, -0.1) is 0 Å². The van der Waals surface area contributed by atoms with Gasteiger partial charge in [0, 0.05) is 37.7 Å². The Morgan fingerprint density at radius 2 is 1.57 bits per heavy atom. The van der Waals surface area contributed by atoms with Crippen LogP contribution in [0.1, 0.15) is 5.56 Å². The molecule has 1 heterocycles. The minimum absolute atomic E-state index is 0.00553. The zero-order valence-corrected chi connectivity index (χ0v) is 16.3. The van der Waals surface area contributed by atoms with Crippen LogP contribution in [0.15, 0.2) is 48.5 Å². The fraction of sp³-hybridized carbons (Fsp3) is 0.333. The van der Waals surface area contributed by atoms with Crippen LogP contribution in [0.25, 0.3) is 0 Å². The lowest BCUT2D eigenvalue weighted by molar-refractivity contribution is -0.135. The van der Waals surface area contributed by atoms with E-state index in [-0.39, 0.29) is 12.5 Å². The van der Waals surface area contributed by atoms with Gasteiger partial charge in [-0.25, -0.2) is 0 Å². The lowest BCUT2D eigenvalue weighted by Crippen LogP contribution is -2.50. The Balaban J connectivity index is 1.34. The van der Waals surface area contributed by atoms with E-state index in [1.165, 1.54) is 0 Å². The second kappa shape index (κ2) is 9.98. The first-order valence-corrected chi connectivity index (χ1v) is 9.53. The summed E-state index contributed by atoms with van der Waals surface area (Å²) in [5, 5.41) is 9.48. The maximum absolute atomic E-state index is 12.3. The van der Waals surface area contributed by atoms with Gasteiger partial charge in [0.1, 0.15) is 18.1 Å². The zero-order valence-electron chi connectivity index (χ0n) is 15.5. The molecule has 1 amide bonds. The van der Waals surface area contributed by atoms with Crippen LogP contribution in [0.3, 0.4) is 0 Å². The molecular formula is C21H22ClN3O3. The van der Waals surface area contributed by atoms with Crippen LogP contribution in [0.5, 0.6) is 11.5 Å². The number of rotatable bonds is 7. The number of hydrogen-bond acceptors (Lipinski definition) is 5. The van der Waals surface area contributed by atoms with Gasteiger partial charge in [-0.3, -0.25) is 9.69 Å². The number of nitriles is 1. The van der Waals surface area contributed by atoms with Crippen molar-refractivity contribution in [2.24, 2.45) is 0 Å². The lowest BCUT2D eigenvalue weighted by atomic mass is 10.2. The van der Waals surface area contributed by atoms with Gasteiger partial charge >= 0.3 is 0 Å². The molecule has 0 N–H and O–H groups in total. The highest BCUT2D eigenvalue weighted by molar-refractivity contribution is 6.30. The van der Waals surface area contributed by atoms with Crippen LogP contribution in [0, 0.1) is 11.3 Å². The van der Waals surface area contributed by atoms with E-state index >= 15 is 0 Å². The number of ether oxygens (including phenoxy) is 2. The summed E-state index contributed by atoms with van der Waals surface area (Å²) in [7, 11) is 0. The lowest BCUT2D eigenvalue weighted by Gasteiger charge is -2.34. The number of nitrogens with zero attached hydrogens (tertiary/aromatic N) is 3. The van der Waals surface area contributed by atoms with E-state index < -0.39 is 0 Å². The van der Waals surface area contributed by atoms with Gasteiger partial charge in [0.25, 0.3) is 5.91 Å². The summed E-state index contributed by atoms with van der Waals surface area (Å²) < 4.78 is 11.2. The molecule has 0 radical (unpaired) electrons. The van der Waals surface area contributed by atoms with Crippen molar-refractivity contribution >= 4 is 17.5 Å². The fourth-order valence-electron chi connectivity index (χ4n) is 2.91. The number of carbonyl (C=O) groups is 1. The number of halogens is 1. The Hall–Kier alpha value is -2.75. The standard InChI is InChI=1S/C21H22ClN3O3/c22-18-3-7-19(8-4-18)27-14-13-24-9-11-25(12-10-24)21(26)16-28-20-5-1-17(15-23)2-6-20/h1-8H,9-14,16H2. The van der Waals surface area contributed by atoms with Gasteiger partial charge in [-0.2, -0.15) is 5.26 Å². The summed E-state index contributed by atoms with van der Waals surface area (Å²) in [5.41, 5.74) is 0.565. The predicted octanol–water partition coefficient (Wildman–Crippen LogP) is 2.81. The first-order valence-electron chi connectivity index (χ1n) is 9.15. The summed E-state index contributed by atoms with van der Waals surface area (Å²) in [6.07, 6.45) is 0. The van der Waals surface area contributed by atoms with Gasteiger partial charge in [-0.1, -0.05) is 11.6 Å². The number of amides is 1. The van der Waals surface area contributed by atoms with Crippen molar-refractivity contribution in [2.75, 3.05) is 45.9 Å². The normalized spacial score (nSPS) is 14.4. The van der Waals surface area contributed by atoms with E-state index in [4.69, 9.17) is 26.3 Å². The summed E-state index contributed by atoms with van der Waals surface area (Å²) in [6, 6.07) is 16.1. The molecule has 0 bridgehead atoms. The van der Waals surface area contributed by atoms with Crippen LogP contribution in [0.4, 0.5) is 0 Å². The highest BCUT2D eigenvalue weighted by Crippen LogP contribution is 2.15. The first-order chi connectivity index (χ1) is 13.6. The van der Waals surface area contributed by atoms with E-state index in [0.717, 1.165) is 25.4 Å². The second-order valence-corrected chi connectivity index (χ2v) is 6.89. The van der Waals surface area contributed by atoms with Gasteiger partial charge in [0.15, 0.2) is 6.61 Å². The maximum Gasteiger partial charge on any atom is 0.260 e. The Morgan fingerprint density at radius 3 is 2.21 bits per heavy atom. The van der Waals surface area contributed by atoms with E-state index in [1.807, 2.05) is 17.0 Å². The van der Waals surface area contributed by atoms with Crippen LogP contribution in [0.2, 0.25) is 5.02 Å². The quantitative estimate of drug-likeness (QED) is 0.716. The molecule has 0 saturated carbocycles. The van der Waals surface area contributed by atoms with Gasteiger partial charge in [0.05, 0.1) is 11.6 Å². The SMILES string of the molecule is N#Cc1ccc(OCC(=O)N2CCN(CCOc3ccc(Cl)cc3)CC2)cc1. The van der Waals surface area contributed by atoms with Crippen LogP contribution >= 0.6 is 11.6 Å². The number of benzene rings is 2. The average Bonchev–Trinajstić information content (AvgIpc) is 2.74. The van der Waals surface area contributed by atoms with E-state index in [0.29, 0.717) is 36.0 Å². The van der Waals surface area contributed by atoms with Crippen molar-refractivity contribution in [3.63, 3.8) is 0 Å². The summed E-state index contributed by atoms with van der Waals surface area (Å²) in [5.74, 6) is 1.37. The largest absolute Gasteiger partial charge is 0.492 e. The van der Waals surface area contributed by atoms with Crippen LogP contribution < -0.4 is 9.47 Å². The highest BCUT2D eigenvalue weighted by Gasteiger charge is 2.21. The molecular weight excluding hydrogens is 378 g/mol. The maximum atomic E-state index is 12.3. The number of piperazine rings is 1. The monoisotopic (exact) mass is 399 g/mol. The van der Waals surface area contributed by atoms with Crippen molar-refractivity contribution in [1.82, 2.24) is 9.80 Å². The molecule has 1 aliphatic rings. The Labute approximate surface area is 169 Å². The van der Waals surface area contributed by atoms with Crippen molar-refractivity contribution < 1.29 is 14.3 Å². The van der Waals surface area contributed by atoms with Crippen molar-refractivity contribution in [3.8, 4) is 17.6 Å². The molecule has 0 aromatic heterocycles. The molecule has 3 rings (SSSR count). The molecule has 0 atom stereocenters. The average molecular weight is 400 g/mol. The molecule has 7 heteroatoms. The van der Waals surface area contributed by atoms with Crippen molar-refractivity contribution in [2.45, 2.75) is 0 Å². The summed E-state index contributed by atoms with van der Waals surface area (Å²) >= 11 is 5.86. The van der Waals surface area contributed by atoms with Gasteiger partial charge in [0.2, 0.25) is 0 Å². The van der Waals surface area contributed by atoms with E-state index in [2.05, 4.69) is 11.0 Å². The smallest absolute Gasteiger partial charge is 0.260 e. The third-order valence-electron chi connectivity index (χ3n) is 4.56. The minimum Gasteiger partial charge on any atom is -0.492 e. The molecule has 2 aromatic rings. The molecule has 1 fully saturated rings. The predicted molar refractivity (Wildman–Crippen MR) is 107 cm³/mol. The third kappa shape index (κ3) is 5.88. The molecule has 1 saturated heterocycles. The summed E-state index contributed by atoms with van der Waals surface area (Å²) in [6.45, 7) is 4.39. The highest BCUT2D eigenvalue weighted by atomic mass is 35.5. The van der Waals surface area contributed by atoms with Crippen LogP contribution in [-0.4, -0.2) is 61.6 Å². The summed E-state index contributed by atoms with van der Waals surface area (Å²) in [4.78, 5) is 16.4. The molecule has 0 spiro atoms. The third-order valence-corrected chi connectivity index (χ3v) is 4.81. The first kappa shape index (κ1) is 20.0. The number of hydrogen-bond donors (Lipinski definition) is 0. The Kier molecular flexibility index (Phi) is 7.12. The Bertz CT molecular complexity index is 810. The molecule has 146 valence electrons. The van der Waals surface area contributed by atoms with E-state index in [1.54, 1.807) is 36.4 Å². The van der Waals surface area contributed by atoms with E-state index in [9.17, 15) is 4.79 Å². The molecule has 0 aliphatic carbocycles. The molecule has 0 unspecified atom stereocenters. The fourth-order valence-corrected chi connectivity index (χ4v) is 3.03. The second-order valence-electron chi connectivity index (χ2n) is 6.45.